The molecule has 1 fully saturated rings. The predicted molar refractivity (Wildman–Crippen MR) is 120 cm³/mol. The van der Waals surface area contributed by atoms with E-state index < -0.39 is 88.2 Å². The van der Waals surface area contributed by atoms with Gasteiger partial charge in [0, 0.05) is 43.4 Å². The molecule has 2 bridgehead atoms. The summed E-state index contributed by atoms with van der Waals surface area (Å²) in [5, 5.41) is 17.0. The van der Waals surface area contributed by atoms with Crippen LogP contribution in [-0.2, 0) is 11.4 Å². The molecule has 2 aromatic rings. The number of aromatic nitrogens is 1. The molecule has 9 nitrogen and oxygen atoms in total. The molecule has 2 N–H and O–H groups in total. The van der Waals surface area contributed by atoms with Gasteiger partial charge in [0.25, 0.3) is 11.8 Å². The van der Waals surface area contributed by atoms with Gasteiger partial charge in [0.05, 0.1) is 17.8 Å². The zero-order valence-corrected chi connectivity index (χ0v) is 19.6. The molecule has 0 aliphatic carbocycles. The van der Waals surface area contributed by atoms with Crippen molar-refractivity contribution in [2.45, 2.75) is 50.4 Å². The van der Waals surface area contributed by atoms with Crippen LogP contribution in [0.3, 0.4) is 0 Å². The molecule has 3 atom stereocenters. The van der Waals surface area contributed by atoms with Gasteiger partial charge in [-0.1, -0.05) is 5.16 Å². The fraction of sp³-hybridized carbons (Fsp3) is 0.417. The lowest BCUT2D eigenvalue weighted by Crippen LogP contribution is -2.53. The highest BCUT2D eigenvalue weighted by molar-refractivity contribution is 5.99. The number of carbonyl (C=O) groups is 2. The van der Waals surface area contributed by atoms with Crippen molar-refractivity contribution >= 4 is 17.5 Å². The Morgan fingerprint density at radius 3 is 2.59 bits per heavy atom. The van der Waals surface area contributed by atoms with Crippen LogP contribution >= 0.6 is 0 Å². The summed E-state index contributed by atoms with van der Waals surface area (Å²) in [4.78, 5) is 46.1. The summed E-state index contributed by atoms with van der Waals surface area (Å²) in [5.41, 5.74) is -3.19. The van der Waals surface area contributed by atoms with E-state index in [0.29, 0.717) is 30.7 Å². The van der Waals surface area contributed by atoms with Gasteiger partial charge >= 0.3 is 0 Å². The normalized spacial score (nSPS) is 24.4. The van der Waals surface area contributed by atoms with Crippen LogP contribution in [0.15, 0.2) is 28.3 Å². The molecule has 2 amide bonds. The van der Waals surface area contributed by atoms with Gasteiger partial charge in [0.1, 0.15) is 29.7 Å². The number of pyridine rings is 1. The molecular formula is C24H22F4N4O5. The number of nitrogens with one attached hydrogen (secondary N) is 1. The van der Waals surface area contributed by atoms with Crippen molar-refractivity contribution in [3.05, 3.63) is 62.8 Å². The number of carbonyl (C=O) groups excluding carboxylic acids is 2. The molecule has 196 valence electrons. The molecule has 1 aromatic heterocycles. The molecule has 0 radical (unpaired) electrons. The van der Waals surface area contributed by atoms with E-state index in [-0.39, 0.29) is 13.0 Å². The van der Waals surface area contributed by atoms with Crippen molar-refractivity contribution in [2.75, 3.05) is 13.2 Å². The van der Waals surface area contributed by atoms with Gasteiger partial charge in [-0.15, -0.1) is 0 Å². The minimum Gasteiger partial charge on any atom is -0.503 e. The lowest BCUT2D eigenvalue weighted by atomic mass is 9.84. The van der Waals surface area contributed by atoms with Gasteiger partial charge in [0.2, 0.25) is 5.43 Å². The molecule has 1 aromatic carbocycles. The number of oxime groups is 1. The monoisotopic (exact) mass is 522 g/mol. The maximum Gasteiger partial charge on any atom is 0.274 e. The number of fused-ring (bicyclic) bond motifs is 5. The van der Waals surface area contributed by atoms with Crippen molar-refractivity contribution in [3.63, 3.8) is 0 Å². The molecule has 5 rings (SSSR count). The first-order chi connectivity index (χ1) is 17.6. The minimum atomic E-state index is -1.23. The fourth-order valence-corrected chi connectivity index (χ4v) is 5.34. The summed E-state index contributed by atoms with van der Waals surface area (Å²) in [5.74, 6) is -6.48. The molecule has 3 aliphatic rings. The van der Waals surface area contributed by atoms with E-state index in [0.717, 1.165) is 6.20 Å². The third kappa shape index (κ3) is 3.92. The average Bonchev–Trinajstić information content (AvgIpc) is 3.15. The second-order valence-electron chi connectivity index (χ2n) is 9.49. The fourth-order valence-electron chi connectivity index (χ4n) is 5.34. The first kappa shape index (κ1) is 24.8. The maximum absolute atomic E-state index is 14.0. The van der Waals surface area contributed by atoms with E-state index >= 15 is 0 Å². The Balaban J connectivity index is 1.55. The number of rotatable bonds is 4. The molecule has 1 saturated heterocycles. The van der Waals surface area contributed by atoms with E-state index in [9.17, 15) is 37.1 Å². The number of alkyl halides is 1. The Morgan fingerprint density at radius 2 is 1.97 bits per heavy atom. The van der Waals surface area contributed by atoms with E-state index in [1.807, 2.05) is 0 Å². The summed E-state index contributed by atoms with van der Waals surface area (Å²) in [7, 11) is 0. The van der Waals surface area contributed by atoms with E-state index in [2.05, 4.69) is 10.5 Å². The standard InChI is InChI=1S/C24H22F4N4O5/c1-11-6-24(37-30-11)3-2-13(7-25)31-10-18(24)32-9-15(20(33)21(34)19(32)23(31)36)22(35)29-8-14-16(27)4-12(26)5-17(14)28/h4-5,9,13,18,34H,2-3,6-8,10H2,1H3,(H,29,35)/t13-,18-,24+/m1/s1. The van der Waals surface area contributed by atoms with Crippen LogP contribution in [0.1, 0.15) is 58.6 Å². The van der Waals surface area contributed by atoms with E-state index in [1.54, 1.807) is 6.92 Å². The summed E-state index contributed by atoms with van der Waals surface area (Å²) in [6.45, 7) is 0.177. The van der Waals surface area contributed by atoms with Crippen LogP contribution in [0.5, 0.6) is 5.75 Å². The third-order valence-corrected chi connectivity index (χ3v) is 7.22. The maximum atomic E-state index is 14.0. The lowest BCUT2D eigenvalue weighted by Gasteiger charge is -2.42. The predicted octanol–water partition coefficient (Wildman–Crippen LogP) is 2.57. The average molecular weight is 522 g/mol. The van der Waals surface area contributed by atoms with Crippen molar-refractivity contribution < 1.29 is 37.1 Å². The zero-order chi connectivity index (χ0) is 26.6. The number of halogens is 4. The van der Waals surface area contributed by atoms with Crippen LogP contribution < -0.4 is 10.7 Å². The molecule has 4 heterocycles. The summed E-state index contributed by atoms with van der Waals surface area (Å²) in [6.07, 6.45) is 1.99. The van der Waals surface area contributed by atoms with Crippen molar-refractivity contribution in [3.8, 4) is 5.75 Å². The topological polar surface area (TPSA) is 113 Å². The van der Waals surface area contributed by atoms with Gasteiger partial charge in [0.15, 0.2) is 17.0 Å². The Labute approximate surface area is 207 Å². The van der Waals surface area contributed by atoms with Gasteiger partial charge in [-0.3, -0.25) is 14.4 Å². The van der Waals surface area contributed by atoms with Crippen LogP contribution in [0.2, 0.25) is 0 Å². The Bertz CT molecular complexity index is 1390. The molecule has 0 saturated carbocycles. The first-order valence-corrected chi connectivity index (χ1v) is 11.5. The highest BCUT2D eigenvalue weighted by Crippen LogP contribution is 2.46. The van der Waals surface area contributed by atoms with Crippen molar-refractivity contribution in [1.29, 1.82) is 0 Å². The number of benzene rings is 1. The van der Waals surface area contributed by atoms with Gasteiger partial charge in [-0.2, -0.15) is 0 Å². The summed E-state index contributed by atoms with van der Waals surface area (Å²) < 4.78 is 56.3. The SMILES string of the molecule is CC1=NO[C@@]2(CC[C@H](CF)N3C[C@H]2n2cc(C(=O)NCc4c(F)cc(F)cc4F)c(=O)c(O)c2C3=O)C1. The molecule has 3 aliphatic heterocycles. The zero-order valence-electron chi connectivity index (χ0n) is 19.6. The highest BCUT2D eigenvalue weighted by Gasteiger charge is 2.54. The quantitative estimate of drug-likeness (QED) is 0.600. The Kier molecular flexibility index (Phi) is 5.95. The van der Waals surface area contributed by atoms with E-state index in [1.165, 1.54) is 9.47 Å². The summed E-state index contributed by atoms with van der Waals surface area (Å²) in [6, 6.07) is -0.638. The summed E-state index contributed by atoms with van der Waals surface area (Å²) >= 11 is 0. The Hall–Kier alpha value is -3.90. The molecule has 1 spiro atoms. The van der Waals surface area contributed by atoms with Crippen molar-refractivity contribution in [2.24, 2.45) is 5.16 Å². The number of aromatic hydroxyl groups is 1. The molecule has 13 heteroatoms. The third-order valence-electron chi connectivity index (χ3n) is 7.22. The van der Waals surface area contributed by atoms with Crippen LogP contribution in [-0.4, -0.2) is 57.0 Å². The second kappa shape index (κ2) is 8.89. The van der Waals surface area contributed by atoms with Gasteiger partial charge in [-0.25, -0.2) is 17.6 Å². The minimum absolute atomic E-state index is 0.0153. The van der Waals surface area contributed by atoms with Crippen molar-refractivity contribution in [1.82, 2.24) is 14.8 Å². The van der Waals surface area contributed by atoms with Gasteiger partial charge < -0.3 is 24.7 Å². The number of hydrogen-bond acceptors (Lipinski definition) is 6. The van der Waals surface area contributed by atoms with Crippen LogP contribution in [0, 0.1) is 17.5 Å². The smallest absolute Gasteiger partial charge is 0.274 e. The second-order valence-corrected chi connectivity index (χ2v) is 9.49. The lowest BCUT2D eigenvalue weighted by molar-refractivity contribution is -0.0655. The number of nitrogens with zero attached hydrogens (tertiary/aromatic N) is 3. The molecular weight excluding hydrogens is 500 g/mol. The number of hydrogen-bond donors (Lipinski definition) is 2. The van der Waals surface area contributed by atoms with Crippen LogP contribution in [0.4, 0.5) is 17.6 Å². The molecule has 37 heavy (non-hydrogen) atoms. The molecule has 0 unspecified atom stereocenters. The van der Waals surface area contributed by atoms with E-state index in [4.69, 9.17) is 4.84 Å². The highest BCUT2D eigenvalue weighted by atomic mass is 19.1. The number of amides is 2. The van der Waals surface area contributed by atoms with Gasteiger partial charge in [-0.05, 0) is 19.8 Å². The Morgan fingerprint density at radius 1 is 1.27 bits per heavy atom. The van der Waals surface area contributed by atoms with Crippen LogP contribution in [0.25, 0.3) is 0 Å². The first-order valence-electron chi connectivity index (χ1n) is 11.5. The largest absolute Gasteiger partial charge is 0.503 e.